The van der Waals surface area contributed by atoms with Crippen molar-refractivity contribution in [3.63, 3.8) is 0 Å². The quantitative estimate of drug-likeness (QED) is 0.787. The zero-order valence-electron chi connectivity index (χ0n) is 8.84. The Morgan fingerprint density at radius 2 is 2.12 bits per heavy atom. The number of amidine groups is 1. The van der Waals surface area contributed by atoms with Crippen LogP contribution in [-0.4, -0.2) is 20.3 Å². The van der Waals surface area contributed by atoms with Crippen molar-refractivity contribution in [3.05, 3.63) is 42.5 Å². The van der Waals surface area contributed by atoms with Crippen molar-refractivity contribution in [2.24, 2.45) is 4.99 Å². The van der Waals surface area contributed by atoms with Crippen molar-refractivity contribution >= 4 is 15.9 Å². The Bertz CT molecular complexity index is 561. The number of fused-ring (bicyclic) bond motifs is 1. The van der Waals surface area contributed by atoms with Crippen molar-refractivity contribution in [3.8, 4) is 0 Å². The van der Waals surface area contributed by atoms with Gasteiger partial charge in [-0.2, -0.15) is 0 Å². The molecule has 0 fully saturated rings. The van der Waals surface area contributed by atoms with E-state index in [9.17, 15) is 8.42 Å². The van der Waals surface area contributed by atoms with Gasteiger partial charge in [0.1, 0.15) is 5.84 Å². The summed E-state index contributed by atoms with van der Waals surface area (Å²) in [7, 11) is -3.42. The lowest BCUT2D eigenvalue weighted by Gasteiger charge is -2.01. The van der Waals surface area contributed by atoms with Crippen LogP contribution in [-0.2, 0) is 10.0 Å². The number of nitrogens with zero attached hydrogens (tertiary/aromatic N) is 1. The van der Waals surface area contributed by atoms with Crippen LogP contribution in [0.5, 0.6) is 0 Å². The maximum atomic E-state index is 11.7. The normalized spacial score (nSPS) is 21.2. The van der Waals surface area contributed by atoms with Gasteiger partial charge in [-0.05, 0) is 19.1 Å². The largest absolute Gasteiger partial charge is 0.263 e. The first-order valence-corrected chi connectivity index (χ1v) is 6.35. The van der Waals surface area contributed by atoms with Crippen molar-refractivity contribution in [1.29, 1.82) is 0 Å². The molecule has 0 bridgehead atoms. The molecule has 0 amide bonds. The van der Waals surface area contributed by atoms with E-state index in [1.165, 1.54) is 0 Å². The number of hydrogen-bond donors (Lipinski definition) is 1. The van der Waals surface area contributed by atoms with Crippen molar-refractivity contribution in [2.45, 2.75) is 17.9 Å². The van der Waals surface area contributed by atoms with Crippen LogP contribution in [0.4, 0.5) is 0 Å². The van der Waals surface area contributed by atoms with Gasteiger partial charge < -0.3 is 0 Å². The third kappa shape index (κ3) is 1.74. The third-order valence-electron chi connectivity index (χ3n) is 2.34. The molecular weight excluding hydrogens is 224 g/mol. The molecule has 0 saturated heterocycles. The summed E-state index contributed by atoms with van der Waals surface area (Å²) in [6.07, 6.45) is 1.65. The van der Waals surface area contributed by atoms with Gasteiger partial charge in [0.25, 0.3) is 10.0 Å². The second kappa shape index (κ2) is 3.75. The molecule has 0 saturated carbocycles. The minimum atomic E-state index is -3.42. The summed E-state index contributed by atoms with van der Waals surface area (Å²) in [5, 5.41) is 0. The van der Waals surface area contributed by atoms with E-state index in [4.69, 9.17) is 0 Å². The molecule has 1 N–H and O–H groups in total. The molecule has 5 heteroatoms. The van der Waals surface area contributed by atoms with E-state index in [0.717, 1.165) is 0 Å². The highest BCUT2D eigenvalue weighted by Crippen LogP contribution is 2.22. The van der Waals surface area contributed by atoms with Crippen molar-refractivity contribution < 1.29 is 8.42 Å². The van der Waals surface area contributed by atoms with E-state index in [-0.39, 0.29) is 10.9 Å². The van der Waals surface area contributed by atoms with Crippen LogP contribution in [0.25, 0.3) is 0 Å². The monoisotopic (exact) mass is 236 g/mol. The topological polar surface area (TPSA) is 58.5 Å². The lowest BCUT2D eigenvalue weighted by Crippen LogP contribution is -2.23. The van der Waals surface area contributed by atoms with Crippen LogP contribution < -0.4 is 4.72 Å². The van der Waals surface area contributed by atoms with E-state index >= 15 is 0 Å². The first-order valence-electron chi connectivity index (χ1n) is 4.87. The van der Waals surface area contributed by atoms with Crippen LogP contribution in [0.3, 0.4) is 0 Å². The van der Waals surface area contributed by atoms with Crippen molar-refractivity contribution in [1.82, 2.24) is 4.72 Å². The molecule has 1 atom stereocenters. The summed E-state index contributed by atoms with van der Waals surface area (Å²) in [4.78, 5) is 4.52. The fraction of sp³-hybridized carbons (Fsp3) is 0.182. The van der Waals surface area contributed by atoms with Gasteiger partial charge in [0.15, 0.2) is 0 Å². The van der Waals surface area contributed by atoms with Gasteiger partial charge in [0.05, 0.1) is 10.9 Å². The molecular formula is C11H12N2O2S. The molecule has 4 nitrogen and oxygen atoms in total. The Morgan fingerprint density at radius 1 is 1.44 bits per heavy atom. The summed E-state index contributed by atoms with van der Waals surface area (Å²) in [5.74, 6) is 0.392. The van der Waals surface area contributed by atoms with Crippen LogP contribution in [0.2, 0.25) is 0 Å². The predicted molar refractivity (Wildman–Crippen MR) is 63.0 cm³/mol. The van der Waals surface area contributed by atoms with E-state index in [1.54, 1.807) is 30.3 Å². The number of aliphatic imine (C=N–C) groups is 1. The Hall–Kier alpha value is -1.62. The molecule has 0 spiro atoms. The van der Waals surface area contributed by atoms with Gasteiger partial charge in [0.2, 0.25) is 0 Å². The van der Waals surface area contributed by atoms with Crippen LogP contribution in [0.15, 0.2) is 46.8 Å². The fourth-order valence-electron chi connectivity index (χ4n) is 1.49. The van der Waals surface area contributed by atoms with Gasteiger partial charge in [-0.3, -0.25) is 9.71 Å². The average molecular weight is 236 g/mol. The summed E-state index contributed by atoms with van der Waals surface area (Å²) in [6.45, 7) is 5.45. The first kappa shape index (κ1) is 10.9. The van der Waals surface area contributed by atoms with Gasteiger partial charge in [-0.25, -0.2) is 8.42 Å². The zero-order chi connectivity index (χ0) is 11.8. The maximum Gasteiger partial charge on any atom is 0.263 e. The lowest BCUT2D eigenvalue weighted by atomic mass is 10.2. The van der Waals surface area contributed by atoms with Crippen LogP contribution in [0, 0.1) is 0 Å². The highest BCUT2D eigenvalue weighted by molar-refractivity contribution is 7.90. The Labute approximate surface area is 94.8 Å². The number of rotatable bonds is 2. The second-order valence-electron chi connectivity index (χ2n) is 3.56. The molecule has 1 aromatic rings. The Balaban J connectivity index is 2.57. The summed E-state index contributed by atoms with van der Waals surface area (Å²) >= 11 is 0. The van der Waals surface area contributed by atoms with E-state index in [1.807, 2.05) is 6.92 Å². The van der Waals surface area contributed by atoms with E-state index < -0.39 is 10.0 Å². The molecule has 1 aliphatic heterocycles. The van der Waals surface area contributed by atoms with Crippen LogP contribution in [0.1, 0.15) is 12.5 Å². The van der Waals surface area contributed by atoms with Crippen LogP contribution >= 0.6 is 0 Å². The zero-order valence-corrected chi connectivity index (χ0v) is 9.66. The SMILES string of the molecule is C=CC(C)N=C1NS(=O)(=O)c2ccccc21. The second-order valence-corrected chi connectivity index (χ2v) is 5.21. The molecule has 0 aliphatic carbocycles. The number of benzene rings is 1. The highest BCUT2D eigenvalue weighted by Gasteiger charge is 2.30. The van der Waals surface area contributed by atoms with Gasteiger partial charge in [-0.15, -0.1) is 6.58 Å². The highest BCUT2D eigenvalue weighted by atomic mass is 32.2. The lowest BCUT2D eigenvalue weighted by molar-refractivity contribution is 0.595. The molecule has 1 aliphatic rings. The summed E-state index contributed by atoms with van der Waals surface area (Å²) in [6, 6.07) is 6.66. The summed E-state index contributed by atoms with van der Waals surface area (Å²) in [5.41, 5.74) is 0.621. The number of nitrogens with one attached hydrogen (secondary N) is 1. The Morgan fingerprint density at radius 3 is 2.81 bits per heavy atom. The number of sulfonamides is 1. The average Bonchev–Trinajstić information content (AvgIpc) is 2.51. The maximum absolute atomic E-state index is 11.7. The van der Waals surface area contributed by atoms with E-state index in [0.29, 0.717) is 11.4 Å². The van der Waals surface area contributed by atoms with Gasteiger partial charge in [-0.1, -0.05) is 18.2 Å². The molecule has 16 heavy (non-hydrogen) atoms. The third-order valence-corrected chi connectivity index (χ3v) is 3.73. The van der Waals surface area contributed by atoms with Crippen molar-refractivity contribution in [2.75, 3.05) is 0 Å². The molecule has 2 rings (SSSR count). The van der Waals surface area contributed by atoms with Gasteiger partial charge in [0, 0.05) is 5.56 Å². The first-order chi connectivity index (χ1) is 7.54. The molecule has 1 unspecified atom stereocenters. The Kier molecular flexibility index (Phi) is 2.55. The molecule has 0 aromatic heterocycles. The molecule has 0 radical (unpaired) electrons. The minimum absolute atomic E-state index is 0.121. The molecule has 84 valence electrons. The molecule has 1 heterocycles. The standard InChI is InChI=1S/C11H12N2O2S/c1-3-8(2)12-11-9-6-4-5-7-10(9)16(14,15)13-11/h3-8H,1H2,2H3,(H,12,13). The van der Waals surface area contributed by atoms with E-state index in [2.05, 4.69) is 16.3 Å². The van der Waals surface area contributed by atoms with Gasteiger partial charge >= 0.3 is 0 Å². The predicted octanol–water partition coefficient (Wildman–Crippen LogP) is 1.30. The summed E-state index contributed by atoms with van der Waals surface area (Å²) < 4.78 is 25.9. The number of hydrogen-bond acceptors (Lipinski definition) is 3. The molecule has 1 aromatic carbocycles. The minimum Gasteiger partial charge on any atom is -0.263 e. The smallest absolute Gasteiger partial charge is 0.263 e. The fourth-order valence-corrected chi connectivity index (χ4v) is 2.73.